The zero-order chi connectivity index (χ0) is 15.1. The fourth-order valence-corrected chi connectivity index (χ4v) is 2.95. The molecule has 1 aliphatic rings. The summed E-state index contributed by atoms with van der Waals surface area (Å²) in [6.45, 7) is 3.47. The van der Waals surface area contributed by atoms with Gasteiger partial charge in [0.25, 0.3) is 0 Å². The van der Waals surface area contributed by atoms with Crippen molar-refractivity contribution in [3.63, 3.8) is 0 Å². The van der Waals surface area contributed by atoms with Crippen LogP contribution in [0.25, 0.3) is 0 Å². The van der Waals surface area contributed by atoms with Crippen molar-refractivity contribution in [1.82, 2.24) is 9.55 Å². The van der Waals surface area contributed by atoms with Crippen molar-refractivity contribution in [2.24, 2.45) is 5.92 Å². The first kappa shape index (κ1) is 15.2. The van der Waals surface area contributed by atoms with Crippen LogP contribution in [0.15, 0.2) is 11.0 Å². The van der Waals surface area contributed by atoms with Gasteiger partial charge in [0, 0.05) is 5.92 Å². The van der Waals surface area contributed by atoms with Crippen molar-refractivity contribution in [2.45, 2.75) is 38.3 Å². The first-order valence-electron chi connectivity index (χ1n) is 6.28. The molecule has 0 radical (unpaired) electrons. The Morgan fingerprint density at radius 1 is 1.65 bits per heavy atom. The molecule has 20 heavy (non-hydrogen) atoms. The first-order chi connectivity index (χ1) is 9.36. The molecule has 0 aliphatic carbocycles. The van der Waals surface area contributed by atoms with E-state index in [0.29, 0.717) is 6.42 Å². The summed E-state index contributed by atoms with van der Waals surface area (Å²) in [5, 5.41) is 0. The predicted octanol–water partition coefficient (Wildman–Crippen LogP) is 1.86. The van der Waals surface area contributed by atoms with Crippen molar-refractivity contribution in [1.29, 1.82) is 0 Å². The van der Waals surface area contributed by atoms with E-state index in [0.717, 1.165) is 10.8 Å². The summed E-state index contributed by atoms with van der Waals surface area (Å²) < 4.78 is 34.3. The Balaban J connectivity index is 2.45. The van der Waals surface area contributed by atoms with Crippen LogP contribution >= 0.6 is 11.6 Å². The molecular formula is C12H16ClF2N3O2. The van der Waals surface area contributed by atoms with Crippen LogP contribution in [0, 0.1) is 11.7 Å². The third-order valence-corrected chi connectivity index (χ3v) is 4.42. The number of hydrogen-bond acceptors (Lipinski definition) is 4. The molecule has 1 saturated heterocycles. The average molecular weight is 308 g/mol. The van der Waals surface area contributed by atoms with Gasteiger partial charge in [0.2, 0.25) is 0 Å². The molecule has 112 valence electrons. The van der Waals surface area contributed by atoms with Crippen molar-refractivity contribution in [2.75, 3.05) is 11.6 Å². The van der Waals surface area contributed by atoms with Crippen LogP contribution in [-0.4, -0.2) is 27.2 Å². The van der Waals surface area contributed by atoms with E-state index in [9.17, 15) is 13.6 Å². The van der Waals surface area contributed by atoms with Gasteiger partial charge >= 0.3 is 5.69 Å². The Hall–Kier alpha value is -1.21. The maximum absolute atomic E-state index is 14.4. The van der Waals surface area contributed by atoms with Crippen molar-refractivity contribution in [3.8, 4) is 0 Å². The highest BCUT2D eigenvalue weighted by molar-refractivity contribution is 6.18. The minimum Gasteiger partial charge on any atom is -0.381 e. The van der Waals surface area contributed by atoms with Gasteiger partial charge in [-0.15, -0.1) is 11.6 Å². The minimum atomic E-state index is -1.49. The standard InChI is InChI=1S/C12H16ClF2N3O2/c1-3-12(5-13)6(2)8(15)10(20-12)18-4-7(14)9(16)17-11(18)19/h4,6,8,10H,3,5H2,1-2H3,(H2,16,17,19)/t6-,8-,10+,12-/m0/s1. The molecule has 5 nitrogen and oxygen atoms in total. The lowest BCUT2D eigenvalue weighted by Crippen LogP contribution is -2.37. The van der Waals surface area contributed by atoms with Crippen molar-refractivity contribution < 1.29 is 13.5 Å². The molecule has 1 fully saturated rings. The molecule has 1 aliphatic heterocycles. The van der Waals surface area contributed by atoms with Crippen LogP contribution in [0.4, 0.5) is 14.6 Å². The lowest BCUT2D eigenvalue weighted by Gasteiger charge is -2.29. The molecule has 0 unspecified atom stereocenters. The SMILES string of the molecule is CC[C@@]1(CCl)O[C@@H](n2cc(F)c(N)nc2=O)[C@@H](F)[C@@H]1C. The number of alkyl halides is 2. The molecule has 2 rings (SSSR count). The van der Waals surface area contributed by atoms with Crippen molar-refractivity contribution >= 4 is 17.4 Å². The summed E-state index contributed by atoms with van der Waals surface area (Å²) in [7, 11) is 0. The highest BCUT2D eigenvalue weighted by Crippen LogP contribution is 2.45. The summed E-state index contributed by atoms with van der Waals surface area (Å²) in [5.41, 5.74) is 3.46. The van der Waals surface area contributed by atoms with Gasteiger partial charge in [-0.25, -0.2) is 13.6 Å². The maximum Gasteiger partial charge on any atom is 0.351 e. The second kappa shape index (κ2) is 5.29. The molecule has 2 heterocycles. The lowest BCUT2D eigenvalue weighted by molar-refractivity contribution is -0.0790. The summed E-state index contributed by atoms with van der Waals surface area (Å²) in [6, 6.07) is 0. The summed E-state index contributed by atoms with van der Waals surface area (Å²) in [4.78, 5) is 15.1. The second-order valence-corrected chi connectivity index (χ2v) is 5.22. The summed E-state index contributed by atoms with van der Waals surface area (Å²) in [6.07, 6.45) is -1.45. The van der Waals surface area contributed by atoms with Crippen LogP contribution in [0.3, 0.4) is 0 Å². The fourth-order valence-electron chi connectivity index (χ4n) is 2.45. The largest absolute Gasteiger partial charge is 0.381 e. The van der Waals surface area contributed by atoms with E-state index in [1.54, 1.807) is 6.92 Å². The van der Waals surface area contributed by atoms with E-state index in [1.165, 1.54) is 0 Å². The number of nitrogen functional groups attached to an aromatic ring is 1. The van der Waals surface area contributed by atoms with Crippen LogP contribution < -0.4 is 11.4 Å². The number of anilines is 1. The quantitative estimate of drug-likeness (QED) is 0.865. The highest BCUT2D eigenvalue weighted by Gasteiger charge is 2.52. The second-order valence-electron chi connectivity index (χ2n) is 4.96. The Morgan fingerprint density at radius 2 is 2.30 bits per heavy atom. The molecule has 0 saturated carbocycles. The minimum absolute atomic E-state index is 0.0845. The number of nitrogens with two attached hydrogens (primary N) is 1. The van der Waals surface area contributed by atoms with Crippen molar-refractivity contribution in [3.05, 3.63) is 22.5 Å². The normalized spacial score (nSPS) is 33.5. The summed E-state index contributed by atoms with van der Waals surface area (Å²) in [5.74, 6) is -1.86. The zero-order valence-electron chi connectivity index (χ0n) is 11.1. The molecule has 0 spiro atoms. The molecule has 4 atom stereocenters. The van der Waals surface area contributed by atoms with Gasteiger partial charge in [0.05, 0.1) is 17.7 Å². The molecule has 1 aromatic rings. The molecule has 0 bridgehead atoms. The predicted molar refractivity (Wildman–Crippen MR) is 70.8 cm³/mol. The van der Waals surface area contributed by atoms with E-state index < -0.39 is 41.2 Å². The number of ether oxygens (including phenoxy) is 1. The number of rotatable bonds is 3. The molecular weight excluding hydrogens is 292 g/mol. The van der Waals surface area contributed by atoms with Gasteiger partial charge in [-0.2, -0.15) is 4.98 Å². The molecule has 1 aromatic heterocycles. The summed E-state index contributed by atoms with van der Waals surface area (Å²) >= 11 is 5.89. The first-order valence-corrected chi connectivity index (χ1v) is 6.81. The maximum atomic E-state index is 14.4. The van der Waals surface area contributed by atoms with E-state index in [4.69, 9.17) is 22.1 Å². The smallest absolute Gasteiger partial charge is 0.351 e. The van der Waals surface area contributed by atoms with Gasteiger partial charge in [0.1, 0.15) is 0 Å². The number of hydrogen-bond donors (Lipinski definition) is 1. The number of aromatic nitrogens is 2. The van der Waals surface area contributed by atoms with E-state index >= 15 is 0 Å². The molecule has 0 amide bonds. The van der Waals surface area contributed by atoms with Gasteiger partial charge < -0.3 is 10.5 Å². The fraction of sp³-hybridized carbons (Fsp3) is 0.667. The molecule has 8 heteroatoms. The zero-order valence-corrected chi connectivity index (χ0v) is 11.9. The number of halogens is 3. The molecule has 0 aromatic carbocycles. The topological polar surface area (TPSA) is 70.1 Å². The Kier molecular flexibility index (Phi) is 4.02. The number of nitrogens with zero attached hydrogens (tertiary/aromatic N) is 2. The van der Waals surface area contributed by atoms with Crippen LogP contribution in [0.1, 0.15) is 26.5 Å². The van der Waals surface area contributed by atoms with Gasteiger partial charge in [-0.1, -0.05) is 13.8 Å². The van der Waals surface area contributed by atoms with Gasteiger partial charge in [0.15, 0.2) is 24.0 Å². The molecule has 2 N–H and O–H groups in total. The third-order valence-electron chi connectivity index (χ3n) is 3.97. The van der Waals surface area contributed by atoms with Crippen LogP contribution in [-0.2, 0) is 4.74 Å². The Labute approximate surface area is 119 Å². The highest BCUT2D eigenvalue weighted by atomic mass is 35.5. The lowest BCUT2D eigenvalue weighted by atomic mass is 9.87. The van der Waals surface area contributed by atoms with Gasteiger partial charge in [-0.3, -0.25) is 4.57 Å². The van der Waals surface area contributed by atoms with Crippen LogP contribution in [0.2, 0.25) is 0 Å². The van der Waals surface area contributed by atoms with Gasteiger partial charge in [-0.05, 0) is 6.42 Å². The third kappa shape index (κ3) is 2.18. The van der Waals surface area contributed by atoms with Crippen LogP contribution in [0.5, 0.6) is 0 Å². The van der Waals surface area contributed by atoms with E-state index in [1.807, 2.05) is 6.92 Å². The average Bonchev–Trinajstić information content (AvgIpc) is 2.68. The monoisotopic (exact) mass is 307 g/mol. The van der Waals surface area contributed by atoms with E-state index in [2.05, 4.69) is 4.98 Å². The Bertz CT molecular complexity index is 562. The Morgan fingerprint density at radius 3 is 2.80 bits per heavy atom. The van der Waals surface area contributed by atoms with E-state index in [-0.39, 0.29) is 5.88 Å².